The molecule has 0 saturated carbocycles. The van der Waals surface area contributed by atoms with Gasteiger partial charge < -0.3 is 0 Å². The third-order valence-electron chi connectivity index (χ3n) is 2.88. The van der Waals surface area contributed by atoms with Gasteiger partial charge in [-0.25, -0.2) is 0 Å². The van der Waals surface area contributed by atoms with Gasteiger partial charge >= 0.3 is 0 Å². The SMILES string of the molecule is CCc1ccc(-c2cccnc2C(C)C)cn1. The van der Waals surface area contributed by atoms with Crippen LogP contribution >= 0.6 is 0 Å². The van der Waals surface area contributed by atoms with E-state index in [0.717, 1.165) is 23.4 Å². The van der Waals surface area contributed by atoms with Gasteiger partial charge in [0.1, 0.15) is 0 Å². The van der Waals surface area contributed by atoms with Gasteiger partial charge in [0.25, 0.3) is 0 Å². The van der Waals surface area contributed by atoms with Crippen molar-refractivity contribution in [1.29, 1.82) is 0 Å². The predicted octanol–water partition coefficient (Wildman–Crippen LogP) is 3.83. The summed E-state index contributed by atoms with van der Waals surface area (Å²) in [6.07, 6.45) is 4.78. The van der Waals surface area contributed by atoms with Crippen LogP contribution in [0.5, 0.6) is 0 Å². The van der Waals surface area contributed by atoms with Crippen molar-refractivity contribution in [2.45, 2.75) is 33.1 Å². The van der Waals surface area contributed by atoms with Crippen molar-refractivity contribution in [3.8, 4) is 11.1 Å². The summed E-state index contributed by atoms with van der Waals surface area (Å²) >= 11 is 0. The van der Waals surface area contributed by atoms with Gasteiger partial charge in [-0.3, -0.25) is 9.97 Å². The molecule has 0 aromatic carbocycles. The molecular weight excluding hydrogens is 208 g/mol. The predicted molar refractivity (Wildman–Crippen MR) is 70.9 cm³/mol. The van der Waals surface area contributed by atoms with Gasteiger partial charge in [-0.15, -0.1) is 0 Å². The van der Waals surface area contributed by atoms with Crippen LogP contribution < -0.4 is 0 Å². The largest absolute Gasteiger partial charge is 0.261 e. The summed E-state index contributed by atoms with van der Waals surface area (Å²) in [6, 6.07) is 8.32. The molecule has 17 heavy (non-hydrogen) atoms. The number of hydrogen-bond acceptors (Lipinski definition) is 2. The lowest BCUT2D eigenvalue weighted by atomic mass is 9.99. The first-order valence-corrected chi connectivity index (χ1v) is 6.12. The molecule has 2 heterocycles. The summed E-state index contributed by atoms with van der Waals surface area (Å²) < 4.78 is 0. The highest BCUT2D eigenvalue weighted by Crippen LogP contribution is 2.26. The summed E-state index contributed by atoms with van der Waals surface area (Å²) in [6.45, 7) is 6.45. The van der Waals surface area contributed by atoms with Gasteiger partial charge in [-0.05, 0) is 24.5 Å². The molecule has 88 valence electrons. The molecule has 0 N–H and O–H groups in total. The van der Waals surface area contributed by atoms with Gasteiger partial charge in [0.2, 0.25) is 0 Å². The highest BCUT2D eigenvalue weighted by molar-refractivity contribution is 5.65. The lowest BCUT2D eigenvalue weighted by molar-refractivity contribution is 0.825. The summed E-state index contributed by atoms with van der Waals surface area (Å²) in [5.41, 5.74) is 4.61. The maximum atomic E-state index is 4.47. The van der Waals surface area contributed by atoms with Crippen LogP contribution in [0.2, 0.25) is 0 Å². The van der Waals surface area contributed by atoms with Crippen LogP contribution in [0.1, 0.15) is 38.1 Å². The first-order chi connectivity index (χ1) is 8.22. The molecule has 2 aromatic heterocycles. The minimum atomic E-state index is 0.428. The zero-order valence-corrected chi connectivity index (χ0v) is 10.6. The molecule has 2 nitrogen and oxygen atoms in total. The molecular formula is C15H18N2. The fourth-order valence-electron chi connectivity index (χ4n) is 1.91. The maximum absolute atomic E-state index is 4.47. The molecule has 2 rings (SSSR count). The fraction of sp³-hybridized carbons (Fsp3) is 0.333. The lowest BCUT2D eigenvalue weighted by Gasteiger charge is -2.11. The molecule has 0 unspecified atom stereocenters. The van der Waals surface area contributed by atoms with Crippen LogP contribution in [-0.4, -0.2) is 9.97 Å². The van der Waals surface area contributed by atoms with Gasteiger partial charge in [-0.1, -0.05) is 32.9 Å². The molecule has 0 aliphatic rings. The summed E-state index contributed by atoms with van der Waals surface area (Å²) in [5.74, 6) is 0.428. The van der Waals surface area contributed by atoms with E-state index in [1.165, 1.54) is 5.56 Å². The van der Waals surface area contributed by atoms with Crippen molar-refractivity contribution in [2.24, 2.45) is 0 Å². The topological polar surface area (TPSA) is 25.8 Å². The monoisotopic (exact) mass is 226 g/mol. The van der Waals surface area contributed by atoms with Crippen LogP contribution in [0.25, 0.3) is 11.1 Å². The van der Waals surface area contributed by atoms with E-state index in [4.69, 9.17) is 0 Å². The Morgan fingerprint density at radius 2 is 1.94 bits per heavy atom. The van der Waals surface area contributed by atoms with Crippen LogP contribution in [0.15, 0.2) is 36.7 Å². The van der Waals surface area contributed by atoms with E-state index in [0.29, 0.717) is 5.92 Å². The van der Waals surface area contributed by atoms with E-state index in [9.17, 15) is 0 Å². The molecule has 0 bridgehead atoms. The fourth-order valence-corrected chi connectivity index (χ4v) is 1.91. The normalized spacial score (nSPS) is 10.8. The van der Waals surface area contributed by atoms with Crippen molar-refractivity contribution in [3.05, 3.63) is 48.0 Å². The Balaban J connectivity index is 2.45. The van der Waals surface area contributed by atoms with E-state index < -0.39 is 0 Å². The smallest absolute Gasteiger partial charge is 0.0507 e. The second-order valence-corrected chi connectivity index (χ2v) is 4.48. The quantitative estimate of drug-likeness (QED) is 0.795. The van der Waals surface area contributed by atoms with Crippen molar-refractivity contribution in [3.63, 3.8) is 0 Å². The minimum absolute atomic E-state index is 0.428. The molecule has 0 atom stereocenters. The second kappa shape index (κ2) is 5.09. The lowest BCUT2D eigenvalue weighted by Crippen LogP contribution is -1.96. The number of aromatic nitrogens is 2. The molecule has 0 aliphatic heterocycles. The molecule has 2 aromatic rings. The van der Waals surface area contributed by atoms with Gasteiger partial charge in [0.05, 0.1) is 5.69 Å². The van der Waals surface area contributed by atoms with Crippen molar-refractivity contribution < 1.29 is 0 Å². The molecule has 0 fully saturated rings. The third-order valence-corrected chi connectivity index (χ3v) is 2.88. The van der Waals surface area contributed by atoms with Gasteiger partial charge in [-0.2, -0.15) is 0 Å². The Bertz CT molecular complexity index is 487. The number of pyridine rings is 2. The number of aryl methyl sites for hydroxylation is 1. The number of nitrogens with zero attached hydrogens (tertiary/aromatic N) is 2. The van der Waals surface area contributed by atoms with Crippen LogP contribution in [0, 0.1) is 0 Å². The number of hydrogen-bond donors (Lipinski definition) is 0. The average molecular weight is 226 g/mol. The minimum Gasteiger partial charge on any atom is -0.261 e. The average Bonchev–Trinajstić information content (AvgIpc) is 2.39. The van der Waals surface area contributed by atoms with E-state index in [1.807, 2.05) is 18.5 Å². The van der Waals surface area contributed by atoms with Crippen molar-refractivity contribution in [1.82, 2.24) is 9.97 Å². The zero-order chi connectivity index (χ0) is 12.3. The van der Waals surface area contributed by atoms with Crippen LogP contribution in [0.3, 0.4) is 0 Å². The van der Waals surface area contributed by atoms with Crippen molar-refractivity contribution in [2.75, 3.05) is 0 Å². The molecule has 2 heteroatoms. The standard InChI is InChI=1S/C15H18N2/c1-4-13-8-7-12(10-17-13)14-6-5-9-16-15(14)11(2)3/h5-11H,4H2,1-3H3. The van der Waals surface area contributed by atoms with Gasteiger partial charge in [0, 0.05) is 29.2 Å². The molecule has 0 amide bonds. The summed E-state index contributed by atoms with van der Waals surface area (Å²) in [5, 5.41) is 0. The van der Waals surface area contributed by atoms with E-state index in [1.54, 1.807) is 0 Å². The van der Waals surface area contributed by atoms with Gasteiger partial charge in [0.15, 0.2) is 0 Å². The maximum Gasteiger partial charge on any atom is 0.0507 e. The zero-order valence-electron chi connectivity index (χ0n) is 10.6. The molecule has 0 saturated heterocycles. The van der Waals surface area contributed by atoms with Crippen LogP contribution in [0.4, 0.5) is 0 Å². The Morgan fingerprint density at radius 1 is 1.12 bits per heavy atom. The Morgan fingerprint density at radius 3 is 2.53 bits per heavy atom. The highest BCUT2D eigenvalue weighted by atomic mass is 14.7. The molecule has 0 radical (unpaired) electrons. The molecule has 0 aliphatic carbocycles. The Kier molecular flexibility index (Phi) is 3.52. The number of rotatable bonds is 3. The highest BCUT2D eigenvalue weighted by Gasteiger charge is 2.09. The van der Waals surface area contributed by atoms with E-state index >= 15 is 0 Å². The summed E-state index contributed by atoms with van der Waals surface area (Å²) in [4.78, 5) is 8.92. The Hall–Kier alpha value is -1.70. The summed E-state index contributed by atoms with van der Waals surface area (Å²) in [7, 11) is 0. The first-order valence-electron chi connectivity index (χ1n) is 6.12. The Labute approximate surface area is 103 Å². The first kappa shape index (κ1) is 11.8. The van der Waals surface area contributed by atoms with Crippen LogP contribution in [-0.2, 0) is 6.42 Å². The third kappa shape index (κ3) is 2.52. The second-order valence-electron chi connectivity index (χ2n) is 4.48. The van der Waals surface area contributed by atoms with E-state index in [-0.39, 0.29) is 0 Å². The van der Waals surface area contributed by atoms with E-state index in [2.05, 4.69) is 48.9 Å². The van der Waals surface area contributed by atoms with Crippen molar-refractivity contribution >= 4 is 0 Å². The molecule has 0 spiro atoms.